The second kappa shape index (κ2) is 11.3. The number of aliphatic carboxylic acids is 2. The summed E-state index contributed by atoms with van der Waals surface area (Å²) in [7, 11) is 1.60. The third-order valence-electron chi connectivity index (χ3n) is 2.54. The molecular weight excluding hydrogens is 365 g/mol. The van der Waals surface area contributed by atoms with Crippen molar-refractivity contribution in [2.45, 2.75) is 12.2 Å². The predicted octanol–water partition coefficient (Wildman–Crippen LogP) is 1.41. The molecule has 25 heavy (non-hydrogen) atoms. The number of hydrogen-bond donors (Lipinski definition) is 4. The summed E-state index contributed by atoms with van der Waals surface area (Å²) >= 11 is 1.36. The van der Waals surface area contributed by atoms with Gasteiger partial charge in [-0.2, -0.15) is 13.2 Å². The van der Waals surface area contributed by atoms with Gasteiger partial charge in [-0.05, 0) is 19.2 Å². The molecule has 0 aliphatic carbocycles. The van der Waals surface area contributed by atoms with E-state index in [2.05, 4.69) is 10.6 Å². The highest BCUT2D eigenvalue weighted by atomic mass is 32.2. The maximum atomic E-state index is 11.6. The molecule has 0 aliphatic heterocycles. The average Bonchev–Trinajstić information content (AvgIpc) is 2.54. The van der Waals surface area contributed by atoms with Crippen LogP contribution in [0.25, 0.3) is 0 Å². The molecule has 1 amide bonds. The monoisotopic (exact) mass is 382 g/mol. The normalized spacial score (nSPS) is 11.7. The van der Waals surface area contributed by atoms with E-state index in [1.165, 1.54) is 11.8 Å². The minimum Gasteiger partial charge on any atom is -0.480 e. The lowest BCUT2D eigenvalue weighted by Crippen LogP contribution is -2.36. The molecule has 0 saturated heterocycles. The predicted molar refractivity (Wildman–Crippen MR) is 85.4 cm³/mol. The molecular formula is C14H17F3N2O5S. The van der Waals surface area contributed by atoms with Gasteiger partial charge in [-0.25, -0.2) is 4.79 Å². The molecule has 11 heteroatoms. The lowest BCUT2D eigenvalue weighted by molar-refractivity contribution is -0.192. The van der Waals surface area contributed by atoms with E-state index in [0.29, 0.717) is 17.2 Å². The van der Waals surface area contributed by atoms with E-state index in [4.69, 9.17) is 15.0 Å². The van der Waals surface area contributed by atoms with Crippen LogP contribution in [0.1, 0.15) is 10.4 Å². The number of hydrogen-bond acceptors (Lipinski definition) is 5. The smallest absolute Gasteiger partial charge is 0.480 e. The van der Waals surface area contributed by atoms with Crippen molar-refractivity contribution in [3.63, 3.8) is 0 Å². The zero-order chi connectivity index (χ0) is 19.5. The Morgan fingerprint density at radius 3 is 2.08 bits per heavy atom. The summed E-state index contributed by atoms with van der Waals surface area (Å²) in [5, 5.41) is 21.3. The number of likely N-dealkylation sites (N-methyl/N-ethyl adjacent to an activating group) is 1. The first kappa shape index (κ1) is 22.7. The number of carbonyl (C=O) groups is 3. The van der Waals surface area contributed by atoms with Gasteiger partial charge in [0.1, 0.15) is 6.04 Å². The molecule has 1 aromatic rings. The number of alkyl halides is 3. The number of rotatable bonds is 7. The van der Waals surface area contributed by atoms with Crippen molar-refractivity contribution >= 4 is 29.6 Å². The van der Waals surface area contributed by atoms with Gasteiger partial charge in [0.05, 0.1) is 5.88 Å². The summed E-state index contributed by atoms with van der Waals surface area (Å²) in [5.41, 5.74) is 0.599. The Bertz CT molecular complexity index is 569. The van der Waals surface area contributed by atoms with Crippen LogP contribution in [0.4, 0.5) is 13.2 Å². The van der Waals surface area contributed by atoms with Crippen molar-refractivity contribution < 1.29 is 37.8 Å². The van der Waals surface area contributed by atoms with E-state index < -0.39 is 24.2 Å². The summed E-state index contributed by atoms with van der Waals surface area (Å²) in [6.45, 7) is 0. The number of halogens is 3. The van der Waals surface area contributed by atoms with Gasteiger partial charge in [0.2, 0.25) is 0 Å². The van der Waals surface area contributed by atoms with Gasteiger partial charge in [-0.1, -0.05) is 18.2 Å². The number of amides is 1. The zero-order valence-electron chi connectivity index (χ0n) is 13.0. The highest BCUT2D eigenvalue weighted by molar-refractivity contribution is 7.99. The fourth-order valence-electron chi connectivity index (χ4n) is 1.26. The van der Waals surface area contributed by atoms with Crippen LogP contribution in [-0.2, 0) is 9.59 Å². The molecule has 0 aromatic heterocycles. The highest BCUT2D eigenvalue weighted by Crippen LogP contribution is 2.13. The van der Waals surface area contributed by atoms with Gasteiger partial charge in [0.15, 0.2) is 0 Å². The molecule has 0 aliphatic rings. The molecule has 7 nitrogen and oxygen atoms in total. The van der Waals surface area contributed by atoms with E-state index in [-0.39, 0.29) is 5.91 Å². The van der Waals surface area contributed by atoms with Crippen LogP contribution >= 0.6 is 11.8 Å². The molecule has 0 fully saturated rings. The van der Waals surface area contributed by atoms with E-state index in [9.17, 15) is 22.8 Å². The Hall–Kier alpha value is -2.27. The highest BCUT2D eigenvalue weighted by Gasteiger charge is 2.38. The van der Waals surface area contributed by atoms with Crippen molar-refractivity contribution in [1.82, 2.24) is 10.6 Å². The first-order chi connectivity index (χ1) is 11.6. The Kier molecular flexibility index (Phi) is 10.3. The number of carboxylic acid groups (broad SMARTS) is 2. The Morgan fingerprint density at radius 2 is 1.68 bits per heavy atom. The SMILES string of the molecule is CN[C@@H](CSCNC(=O)c1ccccc1)C(=O)O.O=C(O)C(F)(F)F. The maximum absolute atomic E-state index is 11.6. The van der Waals surface area contributed by atoms with Gasteiger partial charge < -0.3 is 20.8 Å². The van der Waals surface area contributed by atoms with Crippen LogP contribution in [0.2, 0.25) is 0 Å². The van der Waals surface area contributed by atoms with Crippen LogP contribution < -0.4 is 10.6 Å². The van der Waals surface area contributed by atoms with Gasteiger partial charge in [-0.3, -0.25) is 9.59 Å². The largest absolute Gasteiger partial charge is 0.490 e. The van der Waals surface area contributed by atoms with Crippen molar-refractivity contribution in [3.8, 4) is 0 Å². The topological polar surface area (TPSA) is 116 Å². The van der Waals surface area contributed by atoms with Crippen LogP contribution in [0.3, 0.4) is 0 Å². The third-order valence-corrected chi connectivity index (χ3v) is 3.46. The summed E-state index contributed by atoms with van der Waals surface area (Å²) in [6, 6.07) is 8.30. The lowest BCUT2D eigenvalue weighted by atomic mass is 10.2. The maximum Gasteiger partial charge on any atom is 0.490 e. The van der Waals surface area contributed by atoms with Crippen LogP contribution in [-0.4, -0.2) is 59.0 Å². The van der Waals surface area contributed by atoms with Crippen molar-refractivity contribution in [1.29, 1.82) is 0 Å². The van der Waals surface area contributed by atoms with Crippen molar-refractivity contribution in [3.05, 3.63) is 35.9 Å². The number of carboxylic acids is 2. The van der Waals surface area contributed by atoms with E-state index >= 15 is 0 Å². The van der Waals surface area contributed by atoms with Crippen LogP contribution in [0.15, 0.2) is 30.3 Å². The average molecular weight is 382 g/mol. The van der Waals surface area contributed by atoms with E-state index in [0.717, 1.165) is 0 Å². The molecule has 0 heterocycles. The number of thioether (sulfide) groups is 1. The molecule has 1 aromatic carbocycles. The summed E-state index contributed by atoms with van der Waals surface area (Å²) in [5.74, 6) is -3.01. The number of nitrogens with one attached hydrogen (secondary N) is 2. The quantitative estimate of drug-likeness (QED) is 0.416. The molecule has 0 saturated carbocycles. The first-order valence-corrected chi connectivity index (χ1v) is 7.86. The minimum atomic E-state index is -5.08. The van der Waals surface area contributed by atoms with Crippen molar-refractivity contribution in [2.75, 3.05) is 18.7 Å². The fourth-order valence-corrected chi connectivity index (χ4v) is 2.16. The van der Waals surface area contributed by atoms with Crippen molar-refractivity contribution in [2.24, 2.45) is 0 Å². The number of carbonyl (C=O) groups excluding carboxylic acids is 1. The summed E-state index contributed by atoms with van der Waals surface area (Å²) in [6.07, 6.45) is -5.08. The molecule has 0 unspecified atom stereocenters. The van der Waals surface area contributed by atoms with Crippen LogP contribution in [0.5, 0.6) is 0 Å². The lowest BCUT2D eigenvalue weighted by Gasteiger charge is -2.10. The van der Waals surface area contributed by atoms with E-state index in [1.807, 2.05) is 6.07 Å². The van der Waals surface area contributed by atoms with Gasteiger partial charge in [0, 0.05) is 11.3 Å². The molecule has 1 atom stereocenters. The third kappa shape index (κ3) is 10.2. The second-order valence-electron chi connectivity index (χ2n) is 4.37. The summed E-state index contributed by atoms with van der Waals surface area (Å²) in [4.78, 5) is 31.2. The van der Waals surface area contributed by atoms with Gasteiger partial charge >= 0.3 is 18.1 Å². The van der Waals surface area contributed by atoms with E-state index in [1.54, 1.807) is 31.3 Å². The molecule has 140 valence electrons. The second-order valence-corrected chi connectivity index (χ2v) is 5.40. The molecule has 0 spiro atoms. The molecule has 4 N–H and O–H groups in total. The molecule has 0 bridgehead atoms. The number of benzene rings is 1. The fraction of sp³-hybridized carbons (Fsp3) is 0.357. The standard InChI is InChI=1S/C12H16N2O3S.C2HF3O2/c1-13-10(12(16)17)7-18-8-14-11(15)9-5-3-2-4-6-9;3-2(4,5)1(6)7/h2-6,10,13H,7-8H2,1H3,(H,14,15)(H,16,17);(H,6,7)/t10-;/m0./s1. The zero-order valence-corrected chi connectivity index (χ0v) is 13.9. The Morgan fingerprint density at radius 1 is 1.16 bits per heavy atom. The Balaban J connectivity index is 0.000000697. The minimum absolute atomic E-state index is 0.153. The first-order valence-electron chi connectivity index (χ1n) is 6.70. The molecule has 1 rings (SSSR count). The van der Waals surface area contributed by atoms with Gasteiger partial charge in [0.25, 0.3) is 5.91 Å². The molecule has 0 radical (unpaired) electrons. The van der Waals surface area contributed by atoms with Gasteiger partial charge in [-0.15, -0.1) is 11.8 Å². The Labute approximate surface area is 145 Å². The van der Waals surface area contributed by atoms with Crippen LogP contribution in [0, 0.1) is 0 Å². The summed E-state index contributed by atoms with van der Waals surface area (Å²) < 4.78 is 31.7.